The minimum Gasteiger partial charge on any atom is -0.497 e. The lowest BCUT2D eigenvalue weighted by Gasteiger charge is -2.00. The molecule has 3 aromatic rings. The number of nitrogens with one attached hydrogen (secondary N) is 1. The third-order valence-electron chi connectivity index (χ3n) is 2.76. The van der Waals surface area contributed by atoms with Crippen LogP contribution in [-0.2, 0) is 0 Å². The van der Waals surface area contributed by atoms with Gasteiger partial charge in [-0.15, -0.1) is 0 Å². The summed E-state index contributed by atoms with van der Waals surface area (Å²) in [6.07, 6.45) is 0. The van der Waals surface area contributed by atoms with Gasteiger partial charge in [-0.1, -0.05) is 11.8 Å². The van der Waals surface area contributed by atoms with E-state index < -0.39 is 0 Å². The summed E-state index contributed by atoms with van der Waals surface area (Å²) < 4.78 is 5.13. The van der Waals surface area contributed by atoms with Crippen LogP contribution in [0.25, 0.3) is 11.0 Å². The molecule has 0 unspecified atom stereocenters. The van der Waals surface area contributed by atoms with Crippen molar-refractivity contribution in [2.24, 2.45) is 0 Å². The van der Waals surface area contributed by atoms with Crippen molar-refractivity contribution in [3.63, 3.8) is 0 Å². The lowest BCUT2D eigenvalue weighted by atomic mass is 10.3. The van der Waals surface area contributed by atoms with Crippen molar-refractivity contribution in [1.29, 1.82) is 0 Å². The van der Waals surface area contributed by atoms with Gasteiger partial charge in [0.05, 0.1) is 18.1 Å². The van der Waals surface area contributed by atoms with E-state index in [4.69, 9.17) is 10.5 Å². The second-order valence-corrected chi connectivity index (χ2v) is 5.16. The molecule has 0 atom stereocenters. The van der Waals surface area contributed by atoms with Crippen LogP contribution >= 0.6 is 11.8 Å². The molecule has 3 N–H and O–H groups in total. The molecule has 0 saturated heterocycles. The molecule has 1 heterocycles. The predicted octanol–water partition coefficient (Wildman–Crippen LogP) is 3.30. The minimum absolute atomic E-state index is 0.733. The summed E-state index contributed by atoms with van der Waals surface area (Å²) in [5.41, 5.74) is 8.36. The van der Waals surface area contributed by atoms with E-state index >= 15 is 0 Å². The molecule has 19 heavy (non-hydrogen) atoms. The summed E-state index contributed by atoms with van der Waals surface area (Å²) in [5, 5.41) is 0.853. The van der Waals surface area contributed by atoms with Crippen LogP contribution in [-0.4, -0.2) is 17.1 Å². The molecule has 3 rings (SSSR count). The van der Waals surface area contributed by atoms with Crippen LogP contribution in [0, 0.1) is 0 Å². The molecule has 96 valence electrons. The number of rotatable bonds is 3. The number of ether oxygens (including phenoxy) is 1. The Labute approximate surface area is 115 Å². The van der Waals surface area contributed by atoms with Crippen molar-refractivity contribution >= 4 is 28.5 Å². The zero-order chi connectivity index (χ0) is 13.2. The van der Waals surface area contributed by atoms with E-state index in [1.807, 2.05) is 42.5 Å². The van der Waals surface area contributed by atoms with E-state index in [1.54, 1.807) is 18.9 Å². The molecular weight excluding hydrogens is 258 g/mol. The molecule has 1 aromatic heterocycles. The zero-order valence-corrected chi connectivity index (χ0v) is 11.2. The topological polar surface area (TPSA) is 63.9 Å². The molecule has 0 aliphatic heterocycles. The average Bonchev–Trinajstić information content (AvgIpc) is 2.81. The fraction of sp³-hybridized carbons (Fsp3) is 0.0714. The summed E-state index contributed by atoms with van der Waals surface area (Å²) in [6, 6.07) is 13.5. The SMILES string of the molecule is COc1ccc(Sc2nc3ccc(N)cc3[nH]2)cc1. The Morgan fingerprint density at radius 3 is 2.68 bits per heavy atom. The lowest BCUT2D eigenvalue weighted by molar-refractivity contribution is 0.414. The van der Waals surface area contributed by atoms with E-state index in [2.05, 4.69) is 9.97 Å². The molecule has 0 radical (unpaired) electrons. The first-order valence-corrected chi connectivity index (χ1v) is 6.63. The molecule has 0 aliphatic carbocycles. The van der Waals surface area contributed by atoms with Gasteiger partial charge < -0.3 is 15.5 Å². The Hall–Kier alpha value is -2.14. The van der Waals surface area contributed by atoms with Crippen molar-refractivity contribution in [1.82, 2.24) is 9.97 Å². The highest BCUT2D eigenvalue weighted by molar-refractivity contribution is 7.99. The van der Waals surface area contributed by atoms with Gasteiger partial charge in [-0.2, -0.15) is 0 Å². The number of nitrogens with two attached hydrogens (primary N) is 1. The van der Waals surface area contributed by atoms with E-state index in [1.165, 1.54) is 0 Å². The van der Waals surface area contributed by atoms with Gasteiger partial charge in [0.2, 0.25) is 0 Å². The Kier molecular flexibility index (Phi) is 3.05. The first kappa shape index (κ1) is 11.9. The van der Waals surface area contributed by atoms with Crippen molar-refractivity contribution in [3.05, 3.63) is 42.5 Å². The molecule has 4 nitrogen and oxygen atoms in total. The second kappa shape index (κ2) is 4.85. The maximum Gasteiger partial charge on any atom is 0.171 e. The average molecular weight is 271 g/mol. The van der Waals surface area contributed by atoms with E-state index in [9.17, 15) is 0 Å². The van der Waals surface area contributed by atoms with Gasteiger partial charge in [0.25, 0.3) is 0 Å². The maximum atomic E-state index is 5.75. The van der Waals surface area contributed by atoms with Gasteiger partial charge >= 0.3 is 0 Å². The first-order valence-electron chi connectivity index (χ1n) is 5.82. The molecule has 0 bridgehead atoms. The number of methoxy groups -OCH3 is 1. The number of nitrogen functional groups attached to an aromatic ring is 1. The fourth-order valence-corrected chi connectivity index (χ4v) is 2.61. The summed E-state index contributed by atoms with van der Waals surface area (Å²) >= 11 is 1.58. The maximum absolute atomic E-state index is 5.75. The molecule has 0 aliphatic rings. The number of benzene rings is 2. The number of anilines is 1. The molecule has 0 spiro atoms. The highest BCUT2D eigenvalue weighted by Crippen LogP contribution is 2.28. The zero-order valence-electron chi connectivity index (χ0n) is 10.4. The van der Waals surface area contributed by atoms with Crippen LogP contribution in [0.5, 0.6) is 5.75 Å². The predicted molar refractivity (Wildman–Crippen MR) is 77.6 cm³/mol. The Morgan fingerprint density at radius 1 is 1.16 bits per heavy atom. The van der Waals surface area contributed by atoms with Gasteiger partial charge in [-0.25, -0.2) is 4.98 Å². The van der Waals surface area contributed by atoms with Crippen LogP contribution < -0.4 is 10.5 Å². The van der Waals surface area contributed by atoms with Gasteiger partial charge in [-0.3, -0.25) is 0 Å². The van der Waals surface area contributed by atoms with E-state index in [0.29, 0.717) is 0 Å². The molecular formula is C14H13N3OS. The van der Waals surface area contributed by atoms with Crippen molar-refractivity contribution in [2.75, 3.05) is 12.8 Å². The van der Waals surface area contributed by atoms with Crippen LogP contribution in [0.2, 0.25) is 0 Å². The van der Waals surface area contributed by atoms with Crippen LogP contribution in [0.3, 0.4) is 0 Å². The standard InChI is InChI=1S/C14H13N3OS/c1-18-10-3-5-11(6-4-10)19-14-16-12-7-2-9(15)8-13(12)17-14/h2-8H,15H2,1H3,(H,16,17). The molecule has 2 aromatic carbocycles. The largest absolute Gasteiger partial charge is 0.497 e. The number of aromatic amines is 1. The number of hydrogen-bond acceptors (Lipinski definition) is 4. The van der Waals surface area contributed by atoms with Gasteiger partial charge in [0, 0.05) is 10.6 Å². The van der Waals surface area contributed by atoms with E-state index in [0.717, 1.165) is 32.5 Å². The summed E-state index contributed by atoms with van der Waals surface area (Å²) in [7, 11) is 1.66. The van der Waals surface area contributed by atoms with E-state index in [-0.39, 0.29) is 0 Å². The third kappa shape index (κ3) is 2.51. The highest BCUT2D eigenvalue weighted by Gasteiger charge is 2.05. The highest BCUT2D eigenvalue weighted by atomic mass is 32.2. The lowest BCUT2D eigenvalue weighted by Crippen LogP contribution is -1.82. The number of nitrogens with zero attached hydrogens (tertiary/aromatic N) is 1. The van der Waals surface area contributed by atoms with Crippen LogP contribution in [0.1, 0.15) is 0 Å². The van der Waals surface area contributed by atoms with Crippen molar-refractivity contribution in [2.45, 2.75) is 10.1 Å². The number of aromatic nitrogens is 2. The number of fused-ring (bicyclic) bond motifs is 1. The molecule has 0 amide bonds. The summed E-state index contributed by atoms with van der Waals surface area (Å²) in [5.74, 6) is 0.849. The fourth-order valence-electron chi connectivity index (χ4n) is 1.81. The molecule has 5 heteroatoms. The number of H-pyrrole nitrogens is 1. The first-order chi connectivity index (χ1) is 9.24. The Bertz CT molecular complexity index is 706. The van der Waals surface area contributed by atoms with Crippen molar-refractivity contribution < 1.29 is 4.74 Å². The Balaban J connectivity index is 1.87. The summed E-state index contributed by atoms with van der Waals surface area (Å²) in [4.78, 5) is 8.87. The minimum atomic E-state index is 0.733. The summed E-state index contributed by atoms with van der Waals surface area (Å²) in [6.45, 7) is 0. The smallest absolute Gasteiger partial charge is 0.171 e. The molecule has 0 fully saturated rings. The number of hydrogen-bond donors (Lipinski definition) is 2. The number of imidazole rings is 1. The normalized spacial score (nSPS) is 10.8. The van der Waals surface area contributed by atoms with Crippen LogP contribution in [0.4, 0.5) is 5.69 Å². The third-order valence-corrected chi connectivity index (χ3v) is 3.65. The molecule has 0 saturated carbocycles. The Morgan fingerprint density at radius 2 is 1.95 bits per heavy atom. The van der Waals surface area contributed by atoms with Crippen molar-refractivity contribution in [3.8, 4) is 5.75 Å². The van der Waals surface area contributed by atoms with Gasteiger partial charge in [0.15, 0.2) is 5.16 Å². The van der Waals surface area contributed by atoms with Gasteiger partial charge in [-0.05, 0) is 42.5 Å². The monoisotopic (exact) mass is 271 g/mol. The second-order valence-electron chi connectivity index (χ2n) is 4.10. The van der Waals surface area contributed by atoms with Gasteiger partial charge in [0.1, 0.15) is 5.75 Å². The van der Waals surface area contributed by atoms with Crippen LogP contribution in [0.15, 0.2) is 52.5 Å². The quantitative estimate of drug-likeness (QED) is 0.717.